The molecule has 2 atom stereocenters. The molecule has 0 saturated heterocycles. The van der Waals surface area contributed by atoms with Crippen molar-refractivity contribution in [3.63, 3.8) is 0 Å². The number of carboxylic acid groups (broad SMARTS) is 1. The molecule has 10 heteroatoms. The monoisotopic (exact) mass is 498 g/mol. The molecule has 0 aliphatic rings. The number of benzene rings is 3. The molecule has 0 aromatic heterocycles. The minimum atomic E-state index is -4.28. The number of ether oxygens (including phenoxy) is 1. The molecule has 35 heavy (non-hydrogen) atoms. The number of hydroxylamine groups is 1. The molecule has 3 rings (SSSR count). The minimum absolute atomic E-state index is 0.0292. The summed E-state index contributed by atoms with van der Waals surface area (Å²) in [6, 6.07) is 21.7. The van der Waals surface area contributed by atoms with Crippen LogP contribution in [0.2, 0.25) is 0 Å². The summed E-state index contributed by atoms with van der Waals surface area (Å²) < 4.78 is 32.6. The van der Waals surface area contributed by atoms with Crippen LogP contribution in [0, 0.1) is 5.92 Å². The Labute approximate surface area is 203 Å². The third kappa shape index (κ3) is 7.38. The molecule has 0 aliphatic heterocycles. The average molecular weight is 499 g/mol. The number of carbonyl (C=O) groups excluding carboxylic acids is 1. The van der Waals surface area contributed by atoms with Crippen molar-refractivity contribution >= 4 is 21.9 Å². The van der Waals surface area contributed by atoms with E-state index in [2.05, 4.69) is 5.48 Å². The predicted octanol–water partition coefficient (Wildman–Crippen LogP) is 2.53. The van der Waals surface area contributed by atoms with Crippen LogP contribution < -0.4 is 14.9 Å². The van der Waals surface area contributed by atoms with Crippen LogP contribution in [0.1, 0.15) is 11.1 Å². The summed E-state index contributed by atoms with van der Waals surface area (Å²) in [6.45, 7) is 0.0352. The van der Waals surface area contributed by atoms with E-state index in [1.165, 1.54) is 31.4 Å². The molecular weight excluding hydrogens is 472 g/mol. The lowest BCUT2D eigenvalue weighted by Gasteiger charge is -2.24. The van der Waals surface area contributed by atoms with Gasteiger partial charge in [0.15, 0.2) is 0 Å². The van der Waals surface area contributed by atoms with Gasteiger partial charge in [0, 0.05) is 0 Å². The molecule has 184 valence electrons. The number of nitrogens with one attached hydrogen (secondary N) is 2. The van der Waals surface area contributed by atoms with Crippen LogP contribution >= 0.6 is 0 Å². The summed E-state index contributed by atoms with van der Waals surface area (Å²) in [5.41, 5.74) is 3.93. The highest BCUT2D eigenvalue weighted by atomic mass is 32.2. The fourth-order valence-electron chi connectivity index (χ4n) is 3.33. The van der Waals surface area contributed by atoms with E-state index in [0.717, 1.165) is 5.56 Å². The predicted molar refractivity (Wildman–Crippen MR) is 128 cm³/mol. The van der Waals surface area contributed by atoms with Crippen molar-refractivity contribution in [1.82, 2.24) is 10.2 Å². The molecule has 0 heterocycles. The first kappa shape index (κ1) is 25.9. The van der Waals surface area contributed by atoms with E-state index < -0.39 is 33.9 Å². The van der Waals surface area contributed by atoms with Gasteiger partial charge in [-0.3, -0.25) is 14.4 Å². The van der Waals surface area contributed by atoms with Crippen LogP contribution in [0.3, 0.4) is 0 Å². The van der Waals surface area contributed by atoms with Crippen molar-refractivity contribution in [2.24, 2.45) is 5.92 Å². The first-order valence-corrected chi connectivity index (χ1v) is 12.2. The Balaban J connectivity index is 1.82. The van der Waals surface area contributed by atoms with Crippen LogP contribution in [0.4, 0.5) is 0 Å². The highest BCUT2D eigenvalue weighted by molar-refractivity contribution is 7.90. The number of hydrogen-bond donors (Lipinski definition) is 3. The van der Waals surface area contributed by atoms with E-state index in [0.29, 0.717) is 11.3 Å². The van der Waals surface area contributed by atoms with Gasteiger partial charge in [-0.1, -0.05) is 60.7 Å². The Hall–Kier alpha value is -3.73. The summed E-state index contributed by atoms with van der Waals surface area (Å²) in [4.78, 5) is 30.5. The maximum atomic E-state index is 13.1. The summed E-state index contributed by atoms with van der Waals surface area (Å²) in [5, 5.41) is 9.90. The van der Waals surface area contributed by atoms with Crippen LogP contribution in [0.5, 0.6) is 5.75 Å². The first-order chi connectivity index (χ1) is 16.8. The summed E-state index contributed by atoms with van der Waals surface area (Å²) >= 11 is 0. The summed E-state index contributed by atoms with van der Waals surface area (Å²) in [5.74, 6) is -3.22. The number of hydrogen-bond acceptors (Lipinski definition) is 7. The maximum Gasteiger partial charge on any atom is 0.309 e. The Morgan fingerprint density at radius 3 is 2.00 bits per heavy atom. The normalized spacial score (nSPS) is 12.9. The molecule has 3 N–H and O–H groups in total. The third-order valence-electron chi connectivity index (χ3n) is 5.20. The highest BCUT2D eigenvalue weighted by Gasteiger charge is 2.36. The Bertz CT molecular complexity index is 1220. The second-order valence-corrected chi connectivity index (χ2v) is 9.33. The fraction of sp³-hybridized carbons (Fsp3) is 0.200. The van der Waals surface area contributed by atoms with Crippen LogP contribution in [0.15, 0.2) is 89.8 Å². The Morgan fingerprint density at radius 1 is 0.886 bits per heavy atom. The van der Waals surface area contributed by atoms with Gasteiger partial charge in [-0.25, -0.2) is 13.1 Å². The van der Waals surface area contributed by atoms with E-state index in [-0.39, 0.29) is 17.9 Å². The zero-order chi connectivity index (χ0) is 25.3. The molecule has 0 radical (unpaired) electrons. The van der Waals surface area contributed by atoms with E-state index in [9.17, 15) is 23.1 Å². The van der Waals surface area contributed by atoms with Gasteiger partial charge in [0.2, 0.25) is 0 Å². The van der Waals surface area contributed by atoms with Gasteiger partial charge < -0.3 is 9.84 Å². The van der Waals surface area contributed by atoms with Gasteiger partial charge >= 0.3 is 5.97 Å². The summed E-state index contributed by atoms with van der Waals surface area (Å²) in [6.07, 6.45) is -0.0292. The van der Waals surface area contributed by atoms with Crippen molar-refractivity contribution in [1.29, 1.82) is 0 Å². The average Bonchev–Trinajstić information content (AvgIpc) is 2.86. The van der Waals surface area contributed by atoms with Crippen molar-refractivity contribution in [3.05, 3.63) is 96.1 Å². The van der Waals surface area contributed by atoms with Crippen molar-refractivity contribution < 1.29 is 32.7 Å². The molecule has 9 nitrogen and oxygen atoms in total. The maximum absolute atomic E-state index is 13.1. The van der Waals surface area contributed by atoms with Gasteiger partial charge in [0.1, 0.15) is 11.8 Å². The molecule has 3 aromatic carbocycles. The molecule has 0 spiro atoms. The van der Waals surface area contributed by atoms with Gasteiger partial charge in [-0.2, -0.15) is 5.48 Å². The molecule has 0 aliphatic carbocycles. The number of carboxylic acids is 1. The molecule has 0 saturated carbocycles. The second-order valence-electron chi connectivity index (χ2n) is 7.65. The number of carbonyl (C=O) groups is 2. The fourth-order valence-corrected chi connectivity index (χ4v) is 4.34. The van der Waals surface area contributed by atoms with E-state index in [4.69, 9.17) is 9.57 Å². The lowest BCUT2D eigenvalue weighted by molar-refractivity contribution is -0.149. The first-order valence-electron chi connectivity index (χ1n) is 10.7. The molecular formula is C25H26N2O7S. The SMILES string of the molecule is COc1ccc(S(=O)(=O)NC(=O)[C@@H](NOCc2ccccc2)C(Cc2ccccc2)C(=O)O)cc1. The van der Waals surface area contributed by atoms with Crippen molar-refractivity contribution in [2.45, 2.75) is 24.0 Å². The smallest absolute Gasteiger partial charge is 0.309 e. The second kappa shape index (κ2) is 12.1. The van der Waals surface area contributed by atoms with Crippen LogP contribution in [0.25, 0.3) is 0 Å². The zero-order valence-electron chi connectivity index (χ0n) is 19.0. The Morgan fingerprint density at radius 2 is 1.46 bits per heavy atom. The number of rotatable bonds is 12. The van der Waals surface area contributed by atoms with E-state index >= 15 is 0 Å². The van der Waals surface area contributed by atoms with Gasteiger partial charge in [0.25, 0.3) is 15.9 Å². The van der Waals surface area contributed by atoms with Crippen molar-refractivity contribution in [3.8, 4) is 5.75 Å². The molecule has 3 aromatic rings. The standard InChI is InChI=1S/C25H26N2O7S/c1-33-20-12-14-21(15-13-20)35(31,32)27-24(28)23(26-34-17-19-10-6-3-7-11-19)22(25(29)30)16-18-8-4-2-5-9-18/h2-15,22-23,26H,16-17H2,1H3,(H,27,28)(H,29,30)/t22?,23-/m0/s1. The van der Waals surface area contributed by atoms with Gasteiger partial charge in [0.05, 0.1) is 24.5 Å². The lowest BCUT2D eigenvalue weighted by Crippen LogP contribution is -2.52. The molecule has 0 fully saturated rings. The quantitative estimate of drug-likeness (QED) is 0.325. The number of amides is 1. The third-order valence-corrected chi connectivity index (χ3v) is 6.56. The number of methoxy groups -OCH3 is 1. The topological polar surface area (TPSA) is 131 Å². The van der Waals surface area contributed by atoms with Gasteiger partial charge in [-0.15, -0.1) is 0 Å². The Kier molecular flexibility index (Phi) is 8.96. The van der Waals surface area contributed by atoms with Gasteiger partial charge in [-0.05, 0) is 41.8 Å². The lowest BCUT2D eigenvalue weighted by atomic mass is 9.92. The number of sulfonamides is 1. The largest absolute Gasteiger partial charge is 0.497 e. The van der Waals surface area contributed by atoms with E-state index in [1.54, 1.807) is 54.6 Å². The van der Waals surface area contributed by atoms with Crippen LogP contribution in [-0.2, 0) is 37.5 Å². The molecule has 0 bridgehead atoms. The minimum Gasteiger partial charge on any atom is -0.497 e. The molecule has 1 amide bonds. The molecule has 1 unspecified atom stereocenters. The summed E-state index contributed by atoms with van der Waals surface area (Å²) in [7, 11) is -2.84. The van der Waals surface area contributed by atoms with Crippen LogP contribution in [-0.4, -0.2) is 38.6 Å². The highest BCUT2D eigenvalue weighted by Crippen LogP contribution is 2.18. The van der Waals surface area contributed by atoms with Crippen molar-refractivity contribution in [2.75, 3.05) is 7.11 Å². The van der Waals surface area contributed by atoms with E-state index in [1.807, 2.05) is 10.8 Å². The number of aliphatic carboxylic acids is 1. The zero-order valence-corrected chi connectivity index (χ0v) is 19.8.